The highest BCUT2D eigenvalue weighted by atomic mass is 32.2. The number of nitrogens with one attached hydrogen (secondary N) is 1. The van der Waals surface area contributed by atoms with Crippen LogP contribution in [0.15, 0.2) is 29.2 Å². The topological polar surface area (TPSA) is 96.0 Å². The highest BCUT2D eigenvalue weighted by Crippen LogP contribution is 2.18. The Bertz CT molecular complexity index is 813. The van der Waals surface area contributed by atoms with Crippen LogP contribution in [-0.4, -0.2) is 69.4 Å². The summed E-state index contributed by atoms with van der Waals surface area (Å²) in [7, 11) is -2.36. The van der Waals surface area contributed by atoms with Gasteiger partial charge in [0, 0.05) is 32.1 Å². The van der Waals surface area contributed by atoms with Crippen LogP contribution in [0.5, 0.6) is 5.75 Å². The van der Waals surface area contributed by atoms with E-state index in [1.807, 2.05) is 13.8 Å². The van der Waals surface area contributed by atoms with E-state index in [0.29, 0.717) is 31.9 Å². The van der Waals surface area contributed by atoms with E-state index in [1.54, 1.807) is 35.8 Å². The van der Waals surface area contributed by atoms with Gasteiger partial charge in [-0.25, -0.2) is 8.42 Å². The number of benzene rings is 1. The number of carbonyl (C=O) groups excluding carboxylic acids is 2. The Labute approximate surface area is 173 Å². The lowest BCUT2D eigenvalue weighted by Crippen LogP contribution is -2.57. The fourth-order valence-electron chi connectivity index (χ4n) is 3.17. The first kappa shape index (κ1) is 23.2. The lowest BCUT2D eigenvalue weighted by molar-refractivity contribution is -0.142. The molecule has 1 N–H and O–H groups in total. The van der Waals surface area contributed by atoms with E-state index >= 15 is 0 Å². The van der Waals surface area contributed by atoms with Gasteiger partial charge in [-0.15, -0.1) is 0 Å². The predicted molar refractivity (Wildman–Crippen MR) is 110 cm³/mol. The SMILES string of the molecule is COc1ccc(S(=O)(=O)N[C@H](C(=O)N2CCN(C(=O)C(C)C)CC2)C(C)C)cc1. The Morgan fingerprint density at radius 3 is 1.83 bits per heavy atom. The van der Waals surface area contributed by atoms with Gasteiger partial charge in [-0.3, -0.25) is 9.59 Å². The maximum atomic E-state index is 13.0. The summed E-state index contributed by atoms with van der Waals surface area (Å²) in [4.78, 5) is 28.6. The Kier molecular flexibility index (Phi) is 7.65. The first-order valence-corrected chi connectivity index (χ1v) is 11.3. The van der Waals surface area contributed by atoms with Gasteiger partial charge < -0.3 is 14.5 Å². The molecule has 2 amide bonds. The summed E-state index contributed by atoms with van der Waals surface area (Å²) in [5.41, 5.74) is 0. The number of hydrogen-bond donors (Lipinski definition) is 1. The van der Waals surface area contributed by atoms with Crippen LogP contribution < -0.4 is 9.46 Å². The van der Waals surface area contributed by atoms with Gasteiger partial charge in [0.05, 0.1) is 12.0 Å². The van der Waals surface area contributed by atoms with Gasteiger partial charge >= 0.3 is 0 Å². The van der Waals surface area contributed by atoms with E-state index in [2.05, 4.69) is 4.72 Å². The third kappa shape index (κ3) is 5.70. The van der Waals surface area contributed by atoms with Gasteiger partial charge in [0.1, 0.15) is 11.8 Å². The number of amides is 2. The number of piperazine rings is 1. The normalized spacial score (nSPS) is 16.2. The third-order valence-electron chi connectivity index (χ3n) is 4.98. The second-order valence-corrected chi connectivity index (χ2v) is 9.54. The summed E-state index contributed by atoms with van der Waals surface area (Å²) in [5, 5.41) is 0. The van der Waals surface area contributed by atoms with Crippen LogP contribution in [0, 0.1) is 11.8 Å². The standard InChI is InChI=1S/C20H31N3O5S/c1-14(2)18(21-29(26,27)17-8-6-16(28-5)7-9-17)20(25)23-12-10-22(11-13-23)19(24)15(3)4/h6-9,14-15,18,21H,10-13H2,1-5H3/t18-/m0/s1. The number of sulfonamides is 1. The van der Waals surface area contributed by atoms with Gasteiger partial charge in [0.25, 0.3) is 0 Å². The fourth-order valence-corrected chi connectivity index (χ4v) is 4.51. The van der Waals surface area contributed by atoms with Crippen molar-refractivity contribution in [1.82, 2.24) is 14.5 Å². The van der Waals surface area contributed by atoms with E-state index in [0.717, 1.165) is 0 Å². The van der Waals surface area contributed by atoms with Crippen molar-refractivity contribution in [3.63, 3.8) is 0 Å². The number of hydrogen-bond acceptors (Lipinski definition) is 5. The van der Waals surface area contributed by atoms with Gasteiger partial charge in [-0.05, 0) is 30.2 Å². The van der Waals surface area contributed by atoms with Crippen LogP contribution in [0.25, 0.3) is 0 Å². The highest BCUT2D eigenvalue weighted by Gasteiger charge is 2.34. The number of rotatable bonds is 7. The molecule has 1 aliphatic heterocycles. The molecule has 1 fully saturated rings. The van der Waals surface area contributed by atoms with Crippen molar-refractivity contribution in [3.05, 3.63) is 24.3 Å². The first-order chi connectivity index (χ1) is 13.6. The number of methoxy groups -OCH3 is 1. The number of carbonyl (C=O) groups is 2. The molecule has 0 unspecified atom stereocenters. The van der Waals surface area contributed by atoms with Crippen molar-refractivity contribution in [3.8, 4) is 5.75 Å². The molecule has 9 heteroatoms. The van der Waals surface area contributed by atoms with Gasteiger partial charge in [0.2, 0.25) is 21.8 Å². The summed E-state index contributed by atoms with van der Waals surface area (Å²) in [6, 6.07) is 5.13. The molecule has 0 aromatic heterocycles. The third-order valence-corrected chi connectivity index (χ3v) is 6.44. The van der Waals surface area contributed by atoms with Crippen molar-refractivity contribution in [2.24, 2.45) is 11.8 Å². The number of ether oxygens (including phenoxy) is 1. The van der Waals surface area contributed by atoms with Crippen LogP contribution >= 0.6 is 0 Å². The maximum Gasteiger partial charge on any atom is 0.241 e. The monoisotopic (exact) mass is 425 g/mol. The Balaban J connectivity index is 2.09. The minimum Gasteiger partial charge on any atom is -0.497 e. The van der Waals surface area contributed by atoms with Crippen LogP contribution in [0.3, 0.4) is 0 Å². The molecule has 2 rings (SSSR count). The molecule has 162 valence electrons. The van der Waals surface area contributed by atoms with E-state index in [9.17, 15) is 18.0 Å². The summed E-state index contributed by atoms with van der Waals surface area (Å²) in [5.74, 6) is 0.0310. The van der Waals surface area contributed by atoms with E-state index < -0.39 is 16.1 Å². The average Bonchev–Trinajstić information content (AvgIpc) is 2.71. The molecule has 8 nitrogen and oxygen atoms in total. The first-order valence-electron chi connectivity index (χ1n) is 9.80. The summed E-state index contributed by atoms with van der Waals surface area (Å²) < 4.78 is 33.2. The molecule has 0 spiro atoms. The quantitative estimate of drug-likeness (QED) is 0.711. The molecule has 0 saturated carbocycles. The molecule has 1 heterocycles. The van der Waals surface area contributed by atoms with Crippen molar-refractivity contribution in [2.45, 2.75) is 38.6 Å². The smallest absolute Gasteiger partial charge is 0.241 e. The van der Waals surface area contributed by atoms with Gasteiger partial charge in [-0.1, -0.05) is 27.7 Å². The Morgan fingerprint density at radius 1 is 0.931 bits per heavy atom. The van der Waals surface area contributed by atoms with Crippen molar-refractivity contribution in [1.29, 1.82) is 0 Å². The van der Waals surface area contributed by atoms with Crippen LogP contribution in [0.1, 0.15) is 27.7 Å². The molecular weight excluding hydrogens is 394 g/mol. The predicted octanol–water partition coefficient (Wildman–Crippen LogP) is 1.32. The zero-order chi connectivity index (χ0) is 21.8. The Morgan fingerprint density at radius 2 is 1.41 bits per heavy atom. The number of nitrogens with zero attached hydrogens (tertiary/aromatic N) is 2. The molecule has 1 saturated heterocycles. The lowest BCUT2D eigenvalue weighted by Gasteiger charge is -2.37. The van der Waals surface area contributed by atoms with E-state index in [1.165, 1.54) is 19.2 Å². The molecule has 0 radical (unpaired) electrons. The summed E-state index contributed by atoms with van der Waals surface area (Å²) in [6.45, 7) is 9.01. The van der Waals surface area contributed by atoms with Crippen molar-refractivity contribution < 1.29 is 22.7 Å². The second kappa shape index (κ2) is 9.58. The molecule has 0 aliphatic carbocycles. The minimum atomic E-state index is -3.87. The zero-order valence-electron chi connectivity index (χ0n) is 17.7. The van der Waals surface area contributed by atoms with E-state index in [4.69, 9.17) is 4.74 Å². The summed E-state index contributed by atoms with van der Waals surface area (Å²) in [6.07, 6.45) is 0. The molecule has 1 aromatic carbocycles. The molecular formula is C20H31N3O5S. The fraction of sp³-hybridized carbons (Fsp3) is 0.600. The van der Waals surface area contributed by atoms with Crippen LogP contribution in [0.2, 0.25) is 0 Å². The van der Waals surface area contributed by atoms with Crippen LogP contribution in [-0.2, 0) is 19.6 Å². The average molecular weight is 426 g/mol. The summed E-state index contributed by atoms with van der Waals surface area (Å²) >= 11 is 0. The molecule has 1 aliphatic rings. The lowest BCUT2D eigenvalue weighted by atomic mass is 10.0. The van der Waals surface area contributed by atoms with Crippen molar-refractivity contribution in [2.75, 3.05) is 33.3 Å². The maximum absolute atomic E-state index is 13.0. The van der Waals surface area contributed by atoms with E-state index in [-0.39, 0.29) is 28.5 Å². The highest BCUT2D eigenvalue weighted by molar-refractivity contribution is 7.89. The molecule has 1 aromatic rings. The van der Waals surface area contributed by atoms with Gasteiger partial charge in [0.15, 0.2) is 0 Å². The molecule has 29 heavy (non-hydrogen) atoms. The molecule has 1 atom stereocenters. The zero-order valence-corrected chi connectivity index (χ0v) is 18.5. The van der Waals surface area contributed by atoms with Crippen molar-refractivity contribution >= 4 is 21.8 Å². The largest absolute Gasteiger partial charge is 0.497 e. The second-order valence-electron chi connectivity index (χ2n) is 7.82. The Hall–Kier alpha value is -2.13. The molecule has 0 bridgehead atoms. The van der Waals surface area contributed by atoms with Gasteiger partial charge in [-0.2, -0.15) is 4.72 Å². The minimum absolute atomic E-state index is 0.0673. The van der Waals surface area contributed by atoms with Crippen LogP contribution in [0.4, 0.5) is 0 Å².